The molecule has 0 bridgehead atoms. The summed E-state index contributed by atoms with van der Waals surface area (Å²) >= 11 is 0. The van der Waals surface area contributed by atoms with Crippen molar-refractivity contribution in [3.8, 4) is 0 Å². The standard InChI is InChI=1S/C16H22F3NO/c1-20(10-9-14-7-4-5-11-21-14)12-13-6-2-3-8-15(13)16(17,18)19/h2-3,6,8,14H,4-5,7,9-12H2,1H3/t14-/m1/s1. The summed E-state index contributed by atoms with van der Waals surface area (Å²) < 4.78 is 44.5. The summed E-state index contributed by atoms with van der Waals surface area (Å²) in [5.41, 5.74) is -0.206. The maximum atomic E-state index is 12.9. The van der Waals surface area contributed by atoms with Crippen LogP contribution in [0.15, 0.2) is 24.3 Å². The summed E-state index contributed by atoms with van der Waals surface area (Å²) in [6.45, 7) is 1.87. The Morgan fingerprint density at radius 2 is 2.00 bits per heavy atom. The molecule has 0 amide bonds. The van der Waals surface area contributed by atoms with Gasteiger partial charge in [-0.05, 0) is 44.4 Å². The molecular formula is C16H22F3NO. The van der Waals surface area contributed by atoms with Gasteiger partial charge in [-0.3, -0.25) is 0 Å². The number of nitrogens with zero attached hydrogens (tertiary/aromatic N) is 1. The van der Waals surface area contributed by atoms with Crippen molar-refractivity contribution in [2.45, 2.75) is 44.5 Å². The Labute approximate surface area is 123 Å². The molecule has 1 fully saturated rings. The molecule has 118 valence electrons. The van der Waals surface area contributed by atoms with Gasteiger partial charge in [-0.2, -0.15) is 13.2 Å². The van der Waals surface area contributed by atoms with Gasteiger partial charge >= 0.3 is 6.18 Å². The fourth-order valence-corrected chi connectivity index (χ4v) is 2.70. The van der Waals surface area contributed by atoms with Crippen LogP contribution in [-0.4, -0.2) is 31.2 Å². The van der Waals surface area contributed by atoms with E-state index < -0.39 is 11.7 Å². The van der Waals surface area contributed by atoms with Crippen molar-refractivity contribution in [1.82, 2.24) is 4.90 Å². The van der Waals surface area contributed by atoms with E-state index >= 15 is 0 Å². The fourth-order valence-electron chi connectivity index (χ4n) is 2.70. The number of ether oxygens (including phenoxy) is 1. The van der Waals surface area contributed by atoms with Crippen molar-refractivity contribution < 1.29 is 17.9 Å². The van der Waals surface area contributed by atoms with Crippen LogP contribution in [0.5, 0.6) is 0 Å². The number of hydrogen-bond donors (Lipinski definition) is 0. The molecule has 0 spiro atoms. The molecule has 0 saturated carbocycles. The first-order valence-corrected chi connectivity index (χ1v) is 7.42. The Kier molecular flexibility index (Phi) is 5.65. The minimum Gasteiger partial charge on any atom is -0.378 e. The van der Waals surface area contributed by atoms with Gasteiger partial charge in [0.2, 0.25) is 0 Å². The first-order valence-electron chi connectivity index (χ1n) is 7.42. The van der Waals surface area contributed by atoms with E-state index in [4.69, 9.17) is 4.74 Å². The molecule has 1 aromatic rings. The van der Waals surface area contributed by atoms with Crippen LogP contribution in [0.1, 0.15) is 36.8 Å². The highest BCUT2D eigenvalue weighted by Crippen LogP contribution is 2.32. The first-order chi connectivity index (χ1) is 9.97. The van der Waals surface area contributed by atoms with E-state index in [9.17, 15) is 13.2 Å². The maximum absolute atomic E-state index is 12.9. The van der Waals surface area contributed by atoms with Gasteiger partial charge in [-0.15, -0.1) is 0 Å². The van der Waals surface area contributed by atoms with E-state index in [1.165, 1.54) is 12.5 Å². The zero-order chi connectivity index (χ0) is 15.3. The van der Waals surface area contributed by atoms with E-state index in [2.05, 4.69) is 0 Å². The normalized spacial score (nSPS) is 20.0. The summed E-state index contributed by atoms with van der Waals surface area (Å²) in [4.78, 5) is 1.93. The van der Waals surface area contributed by atoms with Crippen LogP contribution in [0.3, 0.4) is 0 Å². The van der Waals surface area contributed by atoms with Gasteiger partial charge in [0.1, 0.15) is 0 Å². The summed E-state index contributed by atoms with van der Waals surface area (Å²) in [6.07, 6.45) is 0.220. The first kappa shape index (κ1) is 16.3. The van der Waals surface area contributed by atoms with E-state index in [1.54, 1.807) is 12.1 Å². The highest BCUT2D eigenvalue weighted by Gasteiger charge is 2.33. The quantitative estimate of drug-likeness (QED) is 0.812. The zero-order valence-corrected chi connectivity index (χ0v) is 12.3. The molecule has 1 heterocycles. The van der Waals surface area contributed by atoms with Gasteiger partial charge in [-0.25, -0.2) is 0 Å². The Balaban J connectivity index is 1.89. The Morgan fingerprint density at radius 3 is 2.67 bits per heavy atom. The van der Waals surface area contributed by atoms with Crippen molar-refractivity contribution in [3.05, 3.63) is 35.4 Å². The van der Waals surface area contributed by atoms with Crippen LogP contribution >= 0.6 is 0 Å². The van der Waals surface area contributed by atoms with Crippen molar-refractivity contribution in [3.63, 3.8) is 0 Å². The second kappa shape index (κ2) is 7.27. The lowest BCUT2D eigenvalue weighted by atomic mass is 10.0. The van der Waals surface area contributed by atoms with Gasteiger partial charge < -0.3 is 9.64 Å². The van der Waals surface area contributed by atoms with E-state index in [0.29, 0.717) is 12.1 Å². The average Bonchev–Trinajstić information content (AvgIpc) is 2.46. The van der Waals surface area contributed by atoms with E-state index in [1.807, 2.05) is 11.9 Å². The van der Waals surface area contributed by atoms with Crippen molar-refractivity contribution in [2.24, 2.45) is 0 Å². The smallest absolute Gasteiger partial charge is 0.378 e. The third-order valence-electron chi connectivity index (χ3n) is 3.87. The van der Waals surface area contributed by atoms with Gasteiger partial charge in [-0.1, -0.05) is 18.2 Å². The average molecular weight is 301 g/mol. The van der Waals surface area contributed by atoms with Gasteiger partial charge in [0.05, 0.1) is 11.7 Å². The Hall–Kier alpha value is -1.07. The lowest BCUT2D eigenvalue weighted by Gasteiger charge is -2.25. The lowest BCUT2D eigenvalue weighted by Crippen LogP contribution is -2.27. The largest absolute Gasteiger partial charge is 0.416 e. The molecular weight excluding hydrogens is 279 g/mol. The molecule has 0 aromatic heterocycles. The molecule has 2 nitrogen and oxygen atoms in total. The highest BCUT2D eigenvalue weighted by molar-refractivity contribution is 5.29. The molecule has 21 heavy (non-hydrogen) atoms. The van der Waals surface area contributed by atoms with Crippen molar-refractivity contribution in [2.75, 3.05) is 20.2 Å². The molecule has 0 radical (unpaired) electrons. The van der Waals surface area contributed by atoms with Crippen LogP contribution in [0.2, 0.25) is 0 Å². The summed E-state index contributed by atoms with van der Waals surface area (Å²) in [7, 11) is 1.86. The second-order valence-electron chi connectivity index (χ2n) is 5.67. The molecule has 1 aliphatic heterocycles. The summed E-state index contributed by atoms with van der Waals surface area (Å²) in [6, 6.07) is 5.79. The highest BCUT2D eigenvalue weighted by atomic mass is 19.4. The summed E-state index contributed by atoms with van der Waals surface area (Å²) in [5.74, 6) is 0. The van der Waals surface area contributed by atoms with E-state index in [0.717, 1.165) is 38.5 Å². The maximum Gasteiger partial charge on any atom is 0.416 e. The van der Waals surface area contributed by atoms with Gasteiger partial charge in [0.25, 0.3) is 0 Å². The monoisotopic (exact) mass is 301 g/mol. The molecule has 0 unspecified atom stereocenters. The summed E-state index contributed by atoms with van der Waals surface area (Å²) in [5, 5.41) is 0. The Bertz CT molecular complexity index is 441. The van der Waals surface area contributed by atoms with Crippen LogP contribution in [0, 0.1) is 0 Å². The van der Waals surface area contributed by atoms with Crippen molar-refractivity contribution in [1.29, 1.82) is 0 Å². The number of rotatable bonds is 5. The minimum atomic E-state index is -4.29. The van der Waals surface area contributed by atoms with Crippen molar-refractivity contribution >= 4 is 0 Å². The SMILES string of the molecule is CN(CC[C@H]1CCCCO1)Cc1ccccc1C(F)(F)F. The molecule has 1 saturated heterocycles. The van der Waals surface area contributed by atoms with Crippen LogP contribution in [0.25, 0.3) is 0 Å². The van der Waals surface area contributed by atoms with Crippen LogP contribution < -0.4 is 0 Å². The molecule has 1 aliphatic rings. The molecule has 2 rings (SSSR count). The predicted molar refractivity (Wildman–Crippen MR) is 76.0 cm³/mol. The molecule has 0 aliphatic carbocycles. The Morgan fingerprint density at radius 1 is 1.24 bits per heavy atom. The lowest BCUT2D eigenvalue weighted by molar-refractivity contribution is -0.138. The second-order valence-corrected chi connectivity index (χ2v) is 5.67. The number of benzene rings is 1. The fraction of sp³-hybridized carbons (Fsp3) is 0.625. The zero-order valence-electron chi connectivity index (χ0n) is 12.3. The van der Waals surface area contributed by atoms with E-state index in [-0.39, 0.29) is 6.10 Å². The van der Waals surface area contributed by atoms with Gasteiger partial charge in [0, 0.05) is 19.7 Å². The molecule has 0 N–H and O–H groups in total. The predicted octanol–water partition coefficient (Wildman–Crippen LogP) is 4.10. The third-order valence-corrected chi connectivity index (χ3v) is 3.87. The number of alkyl halides is 3. The molecule has 5 heteroatoms. The minimum absolute atomic E-state index is 0.263. The topological polar surface area (TPSA) is 12.5 Å². The number of halogens is 3. The van der Waals surface area contributed by atoms with Gasteiger partial charge in [0.15, 0.2) is 0 Å². The molecule has 1 aromatic carbocycles. The molecule has 1 atom stereocenters. The van der Waals surface area contributed by atoms with Crippen LogP contribution in [-0.2, 0) is 17.5 Å². The van der Waals surface area contributed by atoms with Crippen LogP contribution in [0.4, 0.5) is 13.2 Å². The third kappa shape index (κ3) is 5.00. The number of hydrogen-bond acceptors (Lipinski definition) is 2.